The molecule has 0 spiro atoms. The number of hydrogen-bond acceptors (Lipinski definition) is 5. The number of nitrogens with zero attached hydrogens (tertiary/aromatic N) is 1. The van der Waals surface area contributed by atoms with E-state index in [0.29, 0.717) is 23.7 Å². The second-order valence-electron chi connectivity index (χ2n) is 7.22. The first kappa shape index (κ1) is 20.9. The van der Waals surface area contributed by atoms with Crippen LogP contribution in [0.4, 0.5) is 5.69 Å². The van der Waals surface area contributed by atoms with Crippen molar-refractivity contribution in [2.24, 2.45) is 0 Å². The first-order valence-corrected chi connectivity index (χ1v) is 10.2. The highest BCUT2D eigenvalue weighted by molar-refractivity contribution is 6.07. The van der Waals surface area contributed by atoms with Gasteiger partial charge in [-0.05, 0) is 67.3 Å². The molecule has 0 bridgehead atoms. The van der Waals surface area contributed by atoms with E-state index < -0.39 is 0 Å². The number of aliphatic hydroxyl groups excluding tert-OH is 1. The fourth-order valence-corrected chi connectivity index (χ4v) is 3.35. The van der Waals surface area contributed by atoms with Crippen molar-refractivity contribution in [1.82, 2.24) is 0 Å². The van der Waals surface area contributed by atoms with E-state index in [1.165, 1.54) is 0 Å². The summed E-state index contributed by atoms with van der Waals surface area (Å²) in [6, 6.07) is 13.3. The minimum atomic E-state index is -0.192. The van der Waals surface area contributed by atoms with Gasteiger partial charge in [-0.1, -0.05) is 19.1 Å². The van der Waals surface area contributed by atoms with Gasteiger partial charge in [-0.2, -0.15) is 0 Å². The second-order valence-corrected chi connectivity index (χ2v) is 7.22. The van der Waals surface area contributed by atoms with Crippen molar-refractivity contribution in [3.63, 3.8) is 0 Å². The van der Waals surface area contributed by atoms with Crippen LogP contribution in [-0.2, 0) is 0 Å². The van der Waals surface area contributed by atoms with Crippen LogP contribution in [0.15, 0.2) is 48.5 Å². The number of ether oxygens (including phenoxy) is 2. The lowest BCUT2D eigenvalue weighted by atomic mass is 10.1. The average Bonchev–Trinajstić information content (AvgIpc) is 2.77. The van der Waals surface area contributed by atoms with E-state index >= 15 is 0 Å². The Bertz CT molecular complexity index is 836. The average molecular weight is 395 g/mol. The van der Waals surface area contributed by atoms with E-state index in [4.69, 9.17) is 9.47 Å². The number of rotatable bonds is 8. The number of benzene rings is 2. The summed E-state index contributed by atoms with van der Waals surface area (Å²) in [6.45, 7) is 4.37. The summed E-state index contributed by atoms with van der Waals surface area (Å²) in [5, 5.41) is 9.64. The number of methoxy groups -OCH3 is 1. The lowest BCUT2D eigenvalue weighted by Gasteiger charge is -2.31. The van der Waals surface area contributed by atoms with E-state index in [1.54, 1.807) is 19.3 Å². The Morgan fingerprint density at radius 3 is 2.52 bits per heavy atom. The lowest BCUT2D eigenvalue weighted by molar-refractivity contribution is 0.104. The van der Waals surface area contributed by atoms with Crippen LogP contribution in [-0.4, -0.2) is 43.8 Å². The van der Waals surface area contributed by atoms with Crippen LogP contribution in [0.5, 0.6) is 11.5 Å². The summed E-state index contributed by atoms with van der Waals surface area (Å²) < 4.78 is 11.0. The zero-order chi connectivity index (χ0) is 20.6. The van der Waals surface area contributed by atoms with Crippen molar-refractivity contribution in [2.45, 2.75) is 32.3 Å². The van der Waals surface area contributed by atoms with E-state index in [2.05, 4.69) is 11.8 Å². The largest absolute Gasteiger partial charge is 0.493 e. The van der Waals surface area contributed by atoms with Crippen molar-refractivity contribution in [2.75, 3.05) is 31.7 Å². The van der Waals surface area contributed by atoms with E-state index in [0.717, 1.165) is 43.6 Å². The molecule has 2 aromatic rings. The van der Waals surface area contributed by atoms with Crippen molar-refractivity contribution >= 4 is 17.5 Å². The van der Waals surface area contributed by atoms with Gasteiger partial charge in [0, 0.05) is 24.3 Å². The molecule has 3 rings (SSSR count). The Morgan fingerprint density at radius 1 is 1.14 bits per heavy atom. The van der Waals surface area contributed by atoms with Crippen LogP contribution in [0.2, 0.25) is 0 Å². The molecule has 0 saturated carbocycles. The van der Waals surface area contributed by atoms with Crippen LogP contribution >= 0.6 is 0 Å². The van der Waals surface area contributed by atoms with Gasteiger partial charge >= 0.3 is 0 Å². The highest BCUT2D eigenvalue weighted by atomic mass is 16.5. The Labute approximate surface area is 172 Å². The third kappa shape index (κ3) is 5.61. The quantitative estimate of drug-likeness (QED) is 0.532. The third-order valence-electron chi connectivity index (χ3n) is 5.06. The molecule has 1 N–H and O–H groups in total. The minimum absolute atomic E-state index is 0.0455. The molecule has 1 fully saturated rings. The summed E-state index contributed by atoms with van der Waals surface area (Å²) in [5.74, 6) is 1.32. The van der Waals surface area contributed by atoms with Crippen LogP contribution in [0.1, 0.15) is 42.1 Å². The standard InChI is InChI=1S/C24H29NO4/c1-3-16-29-23-11-5-18(17-24(23)28-2)4-10-22(27)19-6-8-20(9-7-19)25-14-12-21(26)13-15-25/h4-11,17,21,26H,3,12-16H2,1-2H3. The van der Waals surface area contributed by atoms with Gasteiger partial charge < -0.3 is 19.5 Å². The molecule has 0 aliphatic carbocycles. The summed E-state index contributed by atoms with van der Waals surface area (Å²) in [5.41, 5.74) is 2.62. The fourth-order valence-electron chi connectivity index (χ4n) is 3.35. The Hall–Kier alpha value is -2.79. The van der Waals surface area contributed by atoms with Gasteiger partial charge in [0.2, 0.25) is 0 Å². The van der Waals surface area contributed by atoms with Crippen molar-refractivity contribution in [3.05, 3.63) is 59.7 Å². The van der Waals surface area contributed by atoms with Crippen LogP contribution in [0, 0.1) is 0 Å². The summed E-state index contributed by atoms with van der Waals surface area (Å²) in [7, 11) is 1.61. The number of carbonyl (C=O) groups excluding carboxylic acids is 1. The highest BCUT2D eigenvalue weighted by Crippen LogP contribution is 2.29. The fraction of sp³-hybridized carbons (Fsp3) is 0.375. The molecule has 1 saturated heterocycles. The summed E-state index contributed by atoms with van der Waals surface area (Å²) in [4.78, 5) is 14.8. The molecule has 1 aliphatic heterocycles. The number of ketones is 1. The maximum atomic E-state index is 12.5. The maximum absolute atomic E-state index is 12.5. The number of anilines is 1. The molecule has 2 aromatic carbocycles. The molecule has 5 nitrogen and oxygen atoms in total. The SMILES string of the molecule is CCCOc1ccc(C=CC(=O)c2ccc(N3CCC(O)CC3)cc2)cc1OC. The normalized spacial score (nSPS) is 14.9. The number of piperidine rings is 1. The predicted octanol–water partition coefficient (Wildman–Crippen LogP) is 4.34. The molecule has 5 heteroatoms. The molecule has 154 valence electrons. The van der Waals surface area contributed by atoms with Gasteiger partial charge in [0.05, 0.1) is 19.8 Å². The van der Waals surface area contributed by atoms with Crippen molar-refractivity contribution in [3.8, 4) is 11.5 Å². The van der Waals surface area contributed by atoms with Gasteiger partial charge in [0.15, 0.2) is 17.3 Å². The minimum Gasteiger partial charge on any atom is -0.493 e. The number of hydrogen-bond donors (Lipinski definition) is 1. The zero-order valence-electron chi connectivity index (χ0n) is 17.1. The molecule has 0 radical (unpaired) electrons. The van der Waals surface area contributed by atoms with Crippen LogP contribution in [0.3, 0.4) is 0 Å². The first-order valence-electron chi connectivity index (χ1n) is 10.2. The first-order chi connectivity index (χ1) is 14.1. The molecule has 0 amide bonds. The van der Waals surface area contributed by atoms with Gasteiger partial charge in [0.1, 0.15) is 0 Å². The maximum Gasteiger partial charge on any atom is 0.185 e. The highest BCUT2D eigenvalue weighted by Gasteiger charge is 2.17. The smallest absolute Gasteiger partial charge is 0.185 e. The molecule has 0 atom stereocenters. The Morgan fingerprint density at radius 2 is 1.86 bits per heavy atom. The molecular weight excluding hydrogens is 366 g/mol. The number of allylic oxidation sites excluding steroid dienone is 1. The van der Waals surface area contributed by atoms with Gasteiger partial charge in [-0.3, -0.25) is 4.79 Å². The zero-order valence-corrected chi connectivity index (χ0v) is 17.1. The second kappa shape index (κ2) is 10.1. The van der Waals surface area contributed by atoms with Crippen LogP contribution in [0.25, 0.3) is 6.08 Å². The van der Waals surface area contributed by atoms with E-state index in [-0.39, 0.29) is 11.9 Å². The molecule has 0 aromatic heterocycles. The monoisotopic (exact) mass is 395 g/mol. The van der Waals surface area contributed by atoms with Gasteiger partial charge in [-0.15, -0.1) is 0 Å². The predicted molar refractivity (Wildman–Crippen MR) is 116 cm³/mol. The third-order valence-corrected chi connectivity index (χ3v) is 5.06. The van der Waals surface area contributed by atoms with E-state index in [1.807, 2.05) is 42.5 Å². The van der Waals surface area contributed by atoms with Gasteiger partial charge in [0.25, 0.3) is 0 Å². The summed E-state index contributed by atoms with van der Waals surface area (Å²) >= 11 is 0. The van der Waals surface area contributed by atoms with Crippen LogP contribution < -0.4 is 14.4 Å². The van der Waals surface area contributed by atoms with Crippen molar-refractivity contribution < 1.29 is 19.4 Å². The number of aliphatic hydroxyl groups is 1. The molecular formula is C24H29NO4. The van der Waals surface area contributed by atoms with E-state index in [9.17, 15) is 9.90 Å². The molecule has 1 heterocycles. The topological polar surface area (TPSA) is 59.0 Å². The Kier molecular flexibility index (Phi) is 7.30. The molecule has 1 aliphatic rings. The summed E-state index contributed by atoms with van der Waals surface area (Å²) in [6.07, 6.45) is 5.67. The Balaban J connectivity index is 1.64. The van der Waals surface area contributed by atoms with Gasteiger partial charge in [-0.25, -0.2) is 0 Å². The molecule has 29 heavy (non-hydrogen) atoms. The lowest BCUT2D eigenvalue weighted by Crippen LogP contribution is -2.35. The van der Waals surface area contributed by atoms with Crippen molar-refractivity contribution in [1.29, 1.82) is 0 Å². The molecule has 0 unspecified atom stereocenters. The number of carbonyl (C=O) groups is 1.